The summed E-state index contributed by atoms with van der Waals surface area (Å²) in [6, 6.07) is 8.25. The van der Waals surface area contributed by atoms with Crippen LogP contribution < -0.4 is 10.1 Å². The molecule has 5 heteroatoms. The van der Waals surface area contributed by atoms with Crippen LogP contribution in [0.3, 0.4) is 0 Å². The number of anilines is 1. The van der Waals surface area contributed by atoms with Crippen LogP contribution in [-0.4, -0.2) is 23.6 Å². The minimum atomic E-state index is 0.567. The highest BCUT2D eigenvalue weighted by Crippen LogP contribution is 2.23. The molecule has 0 spiro atoms. The van der Waals surface area contributed by atoms with E-state index in [1.807, 2.05) is 12.1 Å². The lowest BCUT2D eigenvalue weighted by molar-refractivity contribution is 0.414. The molecule has 0 saturated heterocycles. The number of aromatic nitrogens is 2. The van der Waals surface area contributed by atoms with Crippen LogP contribution in [0.25, 0.3) is 0 Å². The van der Waals surface area contributed by atoms with E-state index >= 15 is 0 Å². The van der Waals surface area contributed by atoms with Gasteiger partial charge in [-0.2, -0.15) is 0 Å². The van der Waals surface area contributed by atoms with E-state index in [0.717, 1.165) is 37.4 Å². The summed E-state index contributed by atoms with van der Waals surface area (Å²) in [5.41, 5.74) is 3.83. The second-order valence-electron chi connectivity index (χ2n) is 5.58. The van der Waals surface area contributed by atoms with E-state index in [1.54, 1.807) is 7.11 Å². The van der Waals surface area contributed by atoms with Crippen LogP contribution in [0.2, 0.25) is 0 Å². The molecule has 0 amide bonds. The normalized spacial score (nSPS) is 13.9. The van der Waals surface area contributed by atoms with Gasteiger partial charge in [0.25, 0.3) is 0 Å². The highest BCUT2D eigenvalue weighted by molar-refractivity contribution is 7.71. The smallest absolute Gasteiger partial charge is 0.198 e. The third-order valence-corrected chi connectivity index (χ3v) is 4.28. The summed E-state index contributed by atoms with van der Waals surface area (Å²) in [4.78, 5) is 7.74. The minimum Gasteiger partial charge on any atom is -0.497 e. The Labute approximate surface area is 135 Å². The van der Waals surface area contributed by atoms with Gasteiger partial charge in [0.1, 0.15) is 11.6 Å². The monoisotopic (exact) mass is 315 g/mol. The van der Waals surface area contributed by atoms with Crippen LogP contribution in [0.15, 0.2) is 24.3 Å². The van der Waals surface area contributed by atoms with E-state index in [1.165, 1.54) is 29.7 Å². The molecule has 0 aliphatic carbocycles. The second kappa shape index (κ2) is 6.92. The van der Waals surface area contributed by atoms with Crippen molar-refractivity contribution in [3.63, 3.8) is 0 Å². The molecule has 4 nitrogen and oxygen atoms in total. The maximum Gasteiger partial charge on any atom is 0.198 e. The molecule has 0 bridgehead atoms. The molecule has 3 rings (SSSR count). The predicted molar refractivity (Wildman–Crippen MR) is 91.3 cm³/mol. The zero-order valence-corrected chi connectivity index (χ0v) is 13.6. The number of aryl methyl sites for hydroxylation is 2. The van der Waals surface area contributed by atoms with Gasteiger partial charge in [0.2, 0.25) is 0 Å². The number of benzene rings is 1. The van der Waals surface area contributed by atoms with Gasteiger partial charge >= 0.3 is 0 Å². The number of nitrogens with one attached hydrogen (secondary N) is 2. The molecule has 1 aliphatic heterocycles. The van der Waals surface area contributed by atoms with Gasteiger partial charge in [-0.25, -0.2) is 4.98 Å². The lowest BCUT2D eigenvalue weighted by Gasteiger charge is -2.12. The molecule has 0 saturated carbocycles. The van der Waals surface area contributed by atoms with Crippen LogP contribution in [-0.2, 0) is 19.3 Å². The highest BCUT2D eigenvalue weighted by atomic mass is 32.1. The van der Waals surface area contributed by atoms with E-state index in [9.17, 15) is 0 Å². The first-order valence-corrected chi connectivity index (χ1v) is 8.16. The summed E-state index contributed by atoms with van der Waals surface area (Å²) < 4.78 is 5.77. The van der Waals surface area contributed by atoms with Crippen molar-refractivity contribution in [3.05, 3.63) is 45.9 Å². The van der Waals surface area contributed by atoms with Gasteiger partial charge in [-0.15, -0.1) is 0 Å². The van der Waals surface area contributed by atoms with Crippen molar-refractivity contribution in [3.8, 4) is 5.75 Å². The molecule has 0 fully saturated rings. The van der Waals surface area contributed by atoms with E-state index in [-0.39, 0.29) is 0 Å². The van der Waals surface area contributed by atoms with E-state index in [2.05, 4.69) is 27.4 Å². The van der Waals surface area contributed by atoms with E-state index in [0.29, 0.717) is 4.77 Å². The van der Waals surface area contributed by atoms with Gasteiger partial charge in [0.15, 0.2) is 4.77 Å². The quantitative estimate of drug-likeness (QED) is 0.845. The molecule has 2 aromatic rings. The van der Waals surface area contributed by atoms with Gasteiger partial charge in [-0.1, -0.05) is 12.1 Å². The van der Waals surface area contributed by atoms with Gasteiger partial charge in [0.05, 0.1) is 7.11 Å². The Bertz CT molecular complexity index is 694. The number of hydrogen-bond acceptors (Lipinski definition) is 4. The third kappa shape index (κ3) is 3.47. The van der Waals surface area contributed by atoms with Gasteiger partial charge in [-0.05, 0) is 62.0 Å². The Kier molecular flexibility index (Phi) is 4.73. The lowest BCUT2D eigenvalue weighted by Crippen LogP contribution is -2.08. The SMILES string of the molecule is COc1ccc(CCc2[nH]c(=S)nc3c2CCCCN3)cc1. The summed E-state index contributed by atoms with van der Waals surface area (Å²) in [6.45, 7) is 0.983. The molecular formula is C17H21N3OS. The average molecular weight is 315 g/mol. The topological polar surface area (TPSA) is 49.9 Å². The molecule has 22 heavy (non-hydrogen) atoms. The second-order valence-corrected chi connectivity index (χ2v) is 5.97. The van der Waals surface area contributed by atoms with Crippen molar-refractivity contribution < 1.29 is 4.74 Å². The van der Waals surface area contributed by atoms with Crippen LogP contribution in [0, 0.1) is 4.77 Å². The molecule has 2 heterocycles. The van der Waals surface area contributed by atoms with Crippen molar-refractivity contribution in [2.45, 2.75) is 32.1 Å². The minimum absolute atomic E-state index is 0.567. The van der Waals surface area contributed by atoms with Crippen molar-refractivity contribution in [1.82, 2.24) is 9.97 Å². The van der Waals surface area contributed by atoms with Crippen molar-refractivity contribution in [2.75, 3.05) is 19.0 Å². The van der Waals surface area contributed by atoms with Crippen molar-refractivity contribution >= 4 is 18.0 Å². The standard InChI is InChI=1S/C17H21N3OS/c1-21-13-8-5-12(6-9-13)7-10-15-14-4-2-3-11-18-16(14)20-17(22)19-15/h5-6,8-9H,2-4,7,10-11H2,1H3,(H2,18,19,20,22). The molecule has 1 aliphatic rings. The Morgan fingerprint density at radius 3 is 2.77 bits per heavy atom. The summed E-state index contributed by atoms with van der Waals surface area (Å²) >= 11 is 5.27. The fraction of sp³-hybridized carbons (Fsp3) is 0.412. The van der Waals surface area contributed by atoms with E-state index < -0.39 is 0 Å². The largest absolute Gasteiger partial charge is 0.497 e. The first-order valence-electron chi connectivity index (χ1n) is 7.75. The Morgan fingerprint density at radius 2 is 2.00 bits per heavy atom. The number of methoxy groups -OCH3 is 1. The summed E-state index contributed by atoms with van der Waals surface area (Å²) in [5.74, 6) is 1.87. The van der Waals surface area contributed by atoms with Crippen LogP contribution >= 0.6 is 12.2 Å². The van der Waals surface area contributed by atoms with Crippen molar-refractivity contribution in [2.24, 2.45) is 0 Å². The molecule has 1 aromatic heterocycles. The molecule has 0 atom stereocenters. The number of rotatable bonds is 4. The van der Waals surface area contributed by atoms with Crippen molar-refractivity contribution in [1.29, 1.82) is 0 Å². The molecule has 0 radical (unpaired) electrons. The first-order chi connectivity index (χ1) is 10.8. The van der Waals surface area contributed by atoms with Crippen LogP contribution in [0.1, 0.15) is 29.7 Å². The zero-order chi connectivity index (χ0) is 15.4. The maximum atomic E-state index is 5.27. The Hall–Kier alpha value is -1.88. The number of nitrogens with zero attached hydrogens (tertiary/aromatic N) is 1. The molecule has 0 unspecified atom stereocenters. The average Bonchev–Trinajstić information content (AvgIpc) is 2.78. The third-order valence-electron chi connectivity index (χ3n) is 4.09. The van der Waals surface area contributed by atoms with Crippen LogP contribution in [0.5, 0.6) is 5.75 Å². The van der Waals surface area contributed by atoms with Gasteiger partial charge in [0, 0.05) is 17.8 Å². The highest BCUT2D eigenvalue weighted by Gasteiger charge is 2.14. The number of aromatic amines is 1. The van der Waals surface area contributed by atoms with Gasteiger partial charge in [-0.3, -0.25) is 0 Å². The summed E-state index contributed by atoms with van der Waals surface area (Å²) in [7, 11) is 1.69. The maximum absolute atomic E-state index is 5.27. The number of ether oxygens (including phenoxy) is 1. The van der Waals surface area contributed by atoms with E-state index in [4.69, 9.17) is 17.0 Å². The summed E-state index contributed by atoms with van der Waals surface area (Å²) in [6.07, 6.45) is 5.37. The summed E-state index contributed by atoms with van der Waals surface area (Å²) in [5, 5.41) is 3.41. The van der Waals surface area contributed by atoms with Crippen LogP contribution in [0.4, 0.5) is 5.82 Å². The molecular weight excluding hydrogens is 294 g/mol. The van der Waals surface area contributed by atoms with Gasteiger partial charge < -0.3 is 15.0 Å². The number of H-pyrrole nitrogens is 1. The Balaban J connectivity index is 1.79. The molecule has 1 aromatic carbocycles. The lowest BCUT2D eigenvalue weighted by atomic mass is 10.0. The fourth-order valence-corrected chi connectivity index (χ4v) is 3.08. The number of hydrogen-bond donors (Lipinski definition) is 2. The zero-order valence-electron chi connectivity index (χ0n) is 12.8. The number of fused-ring (bicyclic) bond motifs is 1. The first kappa shape index (κ1) is 15.0. The fourth-order valence-electron chi connectivity index (χ4n) is 2.87. The predicted octanol–water partition coefficient (Wildman–Crippen LogP) is 3.68. The Morgan fingerprint density at radius 1 is 1.18 bits per heavy atom. The molecule has 116 valence electrons. The molecule has 2 N–H and O–H groups in total.